The molecule has 9 rings (SSSR count). The second-order valence-electron chi connectivity index (χ2n) is 20.5. The van der Waals surface area contributed by atoms with E-state index in [2.05, 4.69) is 80.3 Å². The summed E-state index contributed by atoms with van der Waals surface area (Å²) < 4.78 is 102. The molecule has 97 heavy (non-hydrogen) atoms. The third-order valence-electron chi connectivity index (χ3n) is 12.6. The van der Waals surface area contributed by atoms with Crippen LogP contribution in [0.2, 0.25) is 5.02 Å². The Kier molecular flexibility index (Phi) is 27.8. The van der Waals surface area contributed by atoms with Gasteiger partial charge in [0.1, 0.15) is 25.6 Å². The second-order valence-corrected chi connectivity index (χ2v) is 20.9. The lowest BCUT2D eigenvalue weighted by atomic mass is 10.1. The third-order valence-corrected chi connectivity index (χ3v) is 12.9. The molecule has 504 valence electrons. The maximum Gasteiger partial charge on any atom is 0.247 e. The Labute approximate surface area is 560 Å². The molecule has 3 aromatic heterocycles. The highest BCUT2D eigenvalue weighted by molar-refractivity contribution is 6.32. The Morgan fingerprint density at radius 2 is 0.856 bits per heavy atom. The first-order chi connectivity index (χ1) is 46.7. The number of rotatable bonds is 30. The second kappa shape index (κ2) is 36.9. The summed E-state index contributed by atoms with van der Waals surface area (Å²) in [4.78, 5) is 60.0. The standard InChI is InChI=1S/C24H24F2N4O3.C23H22F2N4O3.C22H21ClFN5O3/c1-15(2)11-21(31)16-5-4-6-17(12-16)28-23-20(26)14-27-24(30-23)29-18-7-8-22(19(25)13-18)33-10-9-32-3;1-14(2)21(30)15-5-4-6-16(11-15)27-22-19(25)13-26-23(29-22)28-17-7-8-20(18(24)12-17)32-10-9-31-3;1-3-20(30)26-14-5-4-6-15(11-14)27-21-18(24)13-25-22(29-21)28-16-7-8-17(23)19(12-16)32-10-9-31-2/h4-8,11-14H,9-10H2,1-3H3,(H2,27,28,29,30);4-8,11-13H,1,9-10H2,2-3H3,(H2,26,27,28,29);3-8,11-13H,1,9-10H2,2H3,(H,26,30)(H2,25,27,28,29). The number of carbonyl (C=O) groups excluding carboxylic acids is 3. The number of amides is 1. The average molecular weight is 1350 g/mol. The molecule has 9 aromatic rings. The number of hydrogen-bond donors (Lipinski definition) is 7. The highest BCUT2D eigenvalue weighted by atomic mass is 35.5. The van der Waals surface area contributed by atoms with Crippen molar-refractivity contribution in [1.82, 2.24) is 29.9 Å². The van der Waals surface area contributed by atoms with Crippen molar-refractivity contribution in [3.8, 4) is 17.2 Å². The monoisotopic (exact) mass is 1350 g/mol. The molecule has 3 heterocycles. The number of aromatic nitrogens is 6. The summed E-state index contributed by atoms with van der Waals surface area (Å²) in [6, 6.07) is 33.5. The van der Waals surface area contributed by atoms with E-state index in [0.29, 0.717) is 93.7 Å². The number of ether oxygens (including phenoxy) is 6. The number of Topliss-reactive ketones (excluding diaryl/α,β-unsaturated/α-hetero) is 1. The smallest absolute Gasteiger partial charge is 0.247 e. The Morgan fingerprint density at radius 1 is 0.464 bits per heavy atom. The molecule has 0 aliphatic carbocycles. The van der Waals surface area contributed by atoms with Gasteiger partial charge in [0.2, 0.25) is 23.8 Å². The Morgan fingerprint density at radius 3 is 1.29 bits per heavy atom. The first-order valence-corrected chi connectivity index (χ1v) is 29.7. The molecular formula is C69H67ClF5N13O9. The van der Waals surface area contributed by atoms with E-state index < -0.39 is 29.1 Å². The van der Waals surface area contributed by atoms with Crippen molar-refractivity contribution in [2.24, 2.45) is 0 Å². The fourth-order valence-corrected chi connectivity index (χ4v) is 8.25. The first-order valence-electron chi connectivity index (χ1n) is 29.3. The van der Waals surface area contributed by atoms with Crippen molar-refractivity contribution < 1.29 is 64.8 Å². The van der Waals surface area contributed by atoms with Gasteiger partial charge in [-0.05, 0) is 117 Å². The van der Waals surface area contributed by atoms with Crippen LogP contribution in [0.4, 0.5) is 97.1 Å². The Balaban J connectivity index is 0.000000205. The van der Waals surface area contributed by atoms with Crippen LogP contribution in [0.3, 0.4) is 0 Å². The minimum absolute atomic E-state index is 0.0415. The molecule has 0 aliphatic rings. The topological polar surface area (TPSA) is 268 Å². The van der Waals surface area contributed by atoms with Crippen molar-refractivity contribution in [3.63, 3.8) is 0 Å². The maximum atomic E-state index is 14.3. The molecule has 7 N–H and O–H groups in total. The minimum atomic E-state index is -0.694. The lowest BCUT2D eigenvalue weighted by Gasteiger charge is -2.12. The van der Waals surface area contributed by atoms with Crippen molar-refractivity contribution in [2.45, 2.75) is 20.8 Å². The third kappa shape index (κ3) is 23.2. The zero-order valence-corrected chi connectivity index (χ0v) is 54.0. The molecule has 0 bridgehead atoms. The van der Waals surface area contributed by atoms with E-state index in [1.165, 1.54) is 44.6 Å². The van der Waals surface area contributed by atoms with Crippen molar-refractivity contribution >= 4 is 104 Å². The van der Waals surface area contributed by atoms with Crippen LogP contribution in [0.1, 0.15) is 41.5 Å². The summed E-state index contributed by atoms with van der Waals surface area (Å²) in [5.74, 6) is -3.23. The van der Waals surface area contributed by atoms with Crippen LogP contribution in [0.15, 0.2) is 182 Å². The number of nitrogens with one attached hydrogen (secondary N) is 7. The van der Waals surface area contributed by atoms with Gasteiger partial charge in [-0.25, -0.2) is 36.9 Å². The Bertz CT molecular complexity index is 4270. The van der Waals surface area contributed by atoms with Crippen molar-refractivity contribution in [1.29, 1.82) is 0 Å². The van der Waals surface area contributed by atoms with Crippen LogP contribution in [0, 0.1) is 29.1 Å². The summed E-state index contributed by atoms with van der Waals surface area (Å²) in [5, 5.41) is 20.3. The predicted molar refractivity (Wildman–Crippen MR) is 363 cm³/mol. The normalized spacial score (nSPS) is 10.4. The molecule has 0 saturated heterocycles. The first kappa shape index (κ1) is 73.0. The Hall–Kier alpha value is -11.4. The zero-order chi connectivity index (χ0) is 69.8. The number of anilines is 13. The largest absolute Gasteiger partial charge is 0.490 e. The summed E-state index contributed by atoms with van der Waals surface area (Å²) >= 11 is 6.15. The van der Waals surface area contributed by atoms with Gasteiger partial charge in [-0.15, -0.1) is 0 Å². The van der Waals surface area contributed by atoms with E-state index in [0.717, 1.165) is 30.2 Å². The lowest BCUT2D eigenvalue weighted by Crippen LogP contribution is -2.08. The molecule has 1 amide bonds. The summed E-state index contributed by atoms with van der Waals surface area (Å²) in [6.45, 7) is 14.2. The van der Waals surface area contributed by atoms with E-state index in [9.17, 15) is 36.3 Å². The maximum absolute atomic E-state index is 14.3. The van der Waals surface area contributed by atoms with Crippen LogP contribution in [0.25, 0.3) is 0 Å². The molecular weight excluding hydrogens is 1290 g/mol. The molecule has 22 nitrogen and oxygen atoms in total. The van der Waals surface area contributed by atoms with Crippen LogP contribution in [0.5, 0.6) is 17.2 Å². The number of nitrogens with zero attached hydrogens (tertiary/aromatic N) is 6. The molecule has 0 saturated carbocycles. The summed E-state index contributed by atoms with van der Waals surface area (Å²) in [7, 11) is 4.63. The van der Waals surface area contributed by atoms with Crippen LogP contribution >= 0.6 is 11.6 Å². The van der Waals surface area contributed by atoms with Gasteiger partial charge in [-0.3, -0.25) is 14.4 Å². The van der Waals surface area contributed by atoms with E-state index in [4.69, 9.17) is 40.0 Å². The number of ketones is 2. The number of allylic oxidation sites excluding steroid dienone is 3. The van der Waals surface area contributed by atoms with Crippen LogP contribution in [-0.2, 0) is 19.0 Å². The van der Waals surface area contributed by atoms with Crippen LogP contribution < -0.4 is 51.4 Å². The van der Waals surface area contributed by atoms with E-state index in [1.54, 1.807) is 117 Å². The molecule has 0 atom stereocenters. The number of hydrogen-bond acceptors (Lipinski definition) is 21. The van der Waals surface area contributed by atoms with Crippen molar-refractivity contribution in [2.75, 3.05) is 98.2 Å². The van der Waals surface area contributed by atoms with Gasteiger partial charge in [0.05, 0.1) is 43.4 Å². The van der Waals surface area contributed by atoms with Gasteiger partial charge in [-0.1, -0.05) is 60.7 Å². The highest BCUT2D eigenvalue weighted by Gasteiger charge is 2.16. The molecule has 0 radical (unpaired) electrons. The molecule has 0 spiro atoms. The van der Waals surface area contributed by atoms with Gasteiger partial charge < -0.3 is 65.6 Å². The van der Waals surface area contributed by atoms with Gasteiger partial charge >= 0.3 is 0 Å². The highest BCUT2D eigenvalue weighted by Crippen LogP contribution is 2.32. The van der Waals surface area contributed by atoms with E-state index in [-0.39, 0.29) is 77.5 Å². The number of methoxy groups -OCH3 is 3. The molecule has 6 aromatic carbocycles. The van der Waals surface area contributed by atoms with Gasteiger partial charge in [-0.2, -0.15) is 15.0 Å². The van der Waals surface area contributed by atoms with Crippen LogP contribution in [-0.4, -0.2) is 108 Å². The SMILES string of the molecule is C=C(C)C(=O)c1cccc(Nc2nc(Nc3ccc(OCCOC)c(F)c3)ncc2F)c1.C=CC(=O)Nc1cccc(Nc2nc(Nc3ccc(Cl)c(OCCOC)c3)ncc2F)c1.COCCOc1ccc(Nc2ncc(F)c(Nc3cccc(C(=O)C=C(C)C)c3)n2)cc1F. The quantitative estimate of drug-likeness (QED) is 0.00954. The van der Waals surface area contributed by atoms with Gasteiger partial charge in [0.25, 0.3) is 0 Å². The number of carbonyl (C=O) groups is 3. The predicted octanol–water partition coefficient (Wildman–Crippen LogP) is 15.3. The van der Waals surface area contributed by atoms with Gasteiger partial charge in [0.15, 0.2) is 69.6 Å². The fraction of sp³-hybridized carbons (Fsp3) is 0.174. The molecule has 0 unspecified atom stereocenters. The summed E-state index contributed by atoms with van der Waals surface area (Å²) in [6.07, 6.45) is 5.72. The molecule has 28 heteroatoms. The zero-order valence-electron chi connectivity index (χ0n) is 53.3. The van der Waals surface area contributed by atoms with E-state index in [1.807, 2.05) is 13.8 Å². The van der Waals surface area contributed by atoms with E-state index >= 15 is 0 Å². The fourth-order valence-electron chi connectivity index (χ4n) is 8.08. The average Bonchev–Trinajstić information content (AvgIpc) is 0.899. The van der Waals surface area contributed by atoms with Gasteiger partial charge in [0, 0.05) is 90.5 Å². The minimum Gasteiger partial charge on any atom is -0.490 e. The summed E-state index contributed by atoms with van der Waals surface area (Å²) in [5.41, 5.74) is 5.45. The molecule has 0 fully saturated rings. The molecule has 0 aliphatic heterocycles. The number of halogens is 6. The lowest BCUT2D eigenvalue weighted by molar-refractivity contribution is -0.111. The van der Waals surface area contributed by atoms with Crippen molar-refractivity contribution in [3.05, 3.63) is 228 Å². The number of benzene rings is 6.